The minimum absolute atomic E-state index is 0.899. The molecule has 2 nitrogen and oxygen atoms in total. The SMILES string of the molecule is C=CCc1ccc(N2CCCC2)c(OC)c1. The predicted molar refractivity (Wildman–Crippen MR) is 68.3 cm³/mol. The Morgan fingerprint density at radius 2 is 2.12 bits per heavy atom. The normalized spacial score (nSPS) is 15.2. The Hall–Kier alpha value is -1.44. The maximum atomic E-state index is 5.47. The molecule has 0 aromatic heterocycles. The van der Waals surface area contributed by atoms with Crippen LogP contribution in [0.1, 0.15) is 18.4 Å². The van der Waals surface area contributed by atoms with Crippen LogP contribution in [0.3, 0.4) is 0 Å². The van der Waals surface area contributed by atoms with E-state index in [9.17, 15) is 0 Å². The van der Waals surface area contributed by atoms with Crippen molar-refractivity contribution in [1.29, 1.82) is 0 Å². The number of nitrogens with zero attached hydrogens (tertiary/aromatic N) is 1. The van der Waals surface area contributed by atoms with Crippen LogP contribution in [0.2, 0.25) is 0 Å². The Morgan fingerprint density at radius 1 is 1.38 bits per heavy atom. The van der Waals surface area contributed by atoms with Gasteiger partial charge in [0.05, 0.1) is 12.8 Å². The van der Waals surface area contributed by atoms with Gasteiger partial charge in [0, 0.05) is 13.1 Å². The van der Waals surface area contributed by atoms with Crippen molar-refractivity contribution in [3.05, 3.63) is 36.4 Å². The van der Waals surface area contributed by atoms with E-state index < -0.39 is 0 Å². The van der Waals surface area contributed by atoms with E-state index in [1.54, 1.807) is 7.11 Å². The smallest absolute Gasteiger partial charge is 0.142 e. The first kappa shape index (κ1) is 11.1. The minimum atomic E-state index is 0.899. The van der Waals surface area contributed by atoms with Gasteiger partial charge in [0.2, 0.25) is 0 Å². The van der Waals surface area contributed by atoms with Crippen LogP contribution in [0, 0.1) is 0 Å². The van der Waals surface area contributed by atoms with Gasteiger partial charge in [-0.3, -0.25) is 0 Å². The number of methoxy groups -OCH3 is 1. The third-order valence-electron chi connectivity index (χ3n) is 3.07. The molecular formula is C14H19NO. The van der Waals surface area contributed by atoms with Crippen molar-refractivity contribution in [2.45, 2.75) is 19.3 Å². The van der Waals surface area contributed by atoms with E-state index in [1.807, 2.05) is 6.08 Å². The van der Waals surface area contributed by atoms with Crippen LogP contribution in [-0.4, -0.2) is 20.2 Å². The van der Waals surface area contributed by atoms with Gasteiger partial charge in [-0.15, -0.1) is 6.58 Å². The average molecular weight is 217 g/mol. The van der Waals surface area contributed by atoms with E-state index in [0.29, 0.717) is 0 Å². The van der Waals surface area contributed by atoms with Gasteiger partial charge in [-0.05, 0) is 37.0 Å². The lowest BCUT2D eigenvalue weighted by molar-refractivity contribution is 0.414. The fourth-order valence-electron chi connectivity index (χ4n) is 2.23. The van der Waals surface area contributed by atoms with Crippen LogP contribution in [0.4, 0.5) is 5.69 Å². The highest BCUT2D eigenvalue weighted by molar-refractivity contribution is 5.60. The molecule has 1 aliphatic rings. The van der Waals surface area contributed by atoms with Crippen molar-refractivity contribution in [1.82, 2.24) is 0 Å². The van der Waals surface area contributed by atoms with Gasteiger partial charge in [-0.2, -0.15) is 0 Å². The number of rotatable bonds is 4. The third kappa shape index (κ3) is 2.21. The largest absolute Gasteiger partial charge is 0.495 e. The molecule has 0 atom stereocenters. The van der Waals surface area contributed by atoms with E-state index >= 15 is 0 Å². The number of benzene rings is 1. The number of allylic oxidation sites excluding steroid dienone is 1. The van der Waals surface area contributed by atoms with E-state index in [4.69, 9.17) is 4.74 Å². The molecule has 1 saturated heterocycles. The fraction of sp³-hybridized carbons (Fsp3) is 0.429. The molecule has 16 heavy (non-hydrogen) atoms. The zero-order valence-corrected chi connectivity index (χ0v) is 9.91. The summed E-state index contributed by atoms with van der Waals surface area (Å²) in [4.78, 5) is 2.40. The van der Waals surface area contributed by atoms with Gasteiger partial charge < -0.3 is 9.64 Å². The Balaban J connectivity index is 2.26. The number of hydrogen-bond acceptors (Lipinski definition) is 2. The van der Waals surface area contributed by atoms with E-state index in [-0.39, 0.29) is 0 Å². The zero-order chi connectivity index (χ0) is 11.4. The molecule has 0 N–H and O–H groups in total. The average Bonchev–Trinajstić information content (AvgIpc) is 2.83. The molecule has 0 radical (unpaired) electrons. The van der Waals surface area contributed by atoms with Gasteiger partial charge in [0.25, 0.3) is 0 Å². The Bertz CT molecular complexity index is 367. The summed E-state index contributed by atoms with van der Waals surface area (Å²) >= 11 is 0. The van der Waals surface area contributed by atoms with Crippen molar-refractivity contribution in [2.75, 3.05) is 25.1 Å². The molecule has 2 heteroatoms. The van der Waals surface area contributed by atoms with Crippen LogP contribution in [-0.2, 0) is 6.42 Å². The zero-order valence-electron chi connectivity index (χ0n) is 9.91. The molecule has 0 amide bonds. The lowest BCUT2D eigenvalue weighted by atomic mass is 10.1. The maximum absolute atomic E-state index is 5.47. The van der Waals surface area contributed by atoms with E-state index in [0.717, 1.165) is 25.3 Å². The molecule has 0 unspecified atom stereocenters. The van der Waals surface area contributed by atoms with Crippen molar-refractivity contribution in [2.24, 2.45) is 0 Å². The standard InChI is InChI=1S/C14H19NO/c1-3-6-12-7-8-13(14(11-12)16-2)15-9-4-5-10-15/h3,7-8,11H,1,4-6,9-10H2,2H3. The van der Waals surface area contributed by atoms with E-state index in [2.05, 4.69) is 29.7 Å². The van der Waals surface area contributed by atoms with Gasteiger partial charge >= 0.3 is 0 Å². The Labute approximate surface area is 97.5 Å². The predicted octanol–water partition coefficient (Wildman–Crippen LogP) is 3.02. The van der Waals surface area contributed by atoms with Crippen LogP contribution in [0.25, 0.3) is 0 Å². The highest BCUT2D eigenvalue weighted by Gasteiger charge is 2.16. The van der Waals surface area contributed by atoms with E-state index in [1.165, 1.54) is 24.1 Å². The van der Waals surface area contributed by atoms with Crippen LogP contribution < -0.4 is 9.64 Å². The maximum Gasteiger partial charge on any atom is 0.142 e. The van der Waals surface area contributed by atoms with Gasteiger partial charge in [0.1, 0.15) is 5.75 Å². The second-order valence-electron chi connectivity index (χ2n) is 4.19. The van der Waals surface area contributed by atoms with Crippen LogP contribution >= 0.6 is 0 Å². The molecule has 0 aliphatic carbocycles. The summed E-state index contributed by atoms with van der Waals surface area (Å²) in [6, 6.07) is 6.45. The lowest BCUT2D eigenvalue weighted by Gasteiger charge is -2.21. The number of hydrogen-bond donors (Lipinski definition) is 0. The summed E-state index contributed by atoms with van der Waals surface area (Å²) in [5.74, 6) is 0.987. The number of ether oxygens (including phenoxy) is 1. The monoisotopic (exact) mass is 217 g/mol. The van der Waals surface area contributed by atoms with Crippen molar-refractivity contribution < 1.29 is 4.74 Å². The molecule has 1 aromatic rings. The lowest BCUT2D eigenvalue weighted by Crippen LogP contribution is -2.18. The molecule has 1 fully saturated rings. The van der Waals surface area contributed by atoms with Crippen molar-refractivity contribution in [3.63, 3.8) is 0 Å². The summed E-state index contributed by atoms with van der Waals surface area (Å²) in [7, 11) is 1.74. The van der Waals surface area contributed by atoms with Gasteiger partial charge in [0.15, 0.2) is 0 Å². The summed E-state index contributed by atoms with van der Waals surface area (Å²) in [5, 5.41) is 0. The molecule has 1 heterocycles. The quantitative estimate of drug-likeness (QED) is 0.719. The van der Waals surface area contributed by atoms with Gasteiger partial charge in [-0.25, -0.2) is 0 Å². The van der Waals surface area contributed by atoms with Crippen LogP contribution in [0.5, 0.6) is 5.75 Å². The molecule has 0 bridgehead atoms. The molecule has 2 rings (SSSR count). The molecule has 86 valence electrons. The first-order chi connectivity index (χ1) is 7.85. The first-order valence-electron chi connectivity index (χ1n) is 5.88. The molecule has 0 saturated carbocycles. The molecule has 1 aliphatic heterocycles. The van der Waals surface area contributed by atoms with Gasteiger partial charge in [-0.1, -0.05) is 12.1 Å². The molecule has 0 spiro atoms. The van der Waals surface area contributed by atoms with Crippen molar-refractivity contribution in [3.8, 4) is 5.75 Å². The highest BCUT2D eigenvalue weighted by atomic mass is 16.5. The molecule has 1 aromatic carbocycles. The second kappa shape index (κ2) is 5.06. The Morgan fingerprint density at radius 3 is 2.75 bits per heavy atom. The topological polar surface area (TPSA) is 12.5 Å². The Kier molecular flexibility index (Phi) is 3.50. The van der Waals surface area contributed by atoms with Crippen molar-refractivity contribution >= 4 is 5.69 Å². The third-order valence-corrected chi connectivity index (χ3v) is 3.07. The van der Waals surface area contributed by atoms with Crippen LogP contribution in [0.15, 0.2) is 30.9 Å². The first-order valence-corrected chi connectivity index (χ1v) is 5.88. The second-order valence-corrected chi connectivity index (χ2v) is 4.19. The summed E-state index contributed by atoms with van der Waals surface area (Å²) in [6.45, 7) is 6.06. The molecular weight excluding hydrogens is 198 g/mol. The summed E-state index contributed by atoms with van der Waals surface area (Å²) < 4.78 is 5.47. The summed E-state index contributed by atoms with van der Waals surface area (Å²) in [6.07, 6.45) is 5.40. The fourth-order valence-corrected chi connectivity index (χ4v) is 2.23. The summed E-state index contributed by atoms with van der Waals surface area (Å²) in [5.41, 5.74) is 2.49. The minimum Gasteiger partial charge on any atom is -0.495 e. The number of anilines is 1. The highest BCUT2D eigenvalue weighted by Crippen LogP contribution is 2.31.